The summed E-state index contributed by atoms with van der Waals surface area (Å²) in [5, 5.41) is 0. The first-order valence-corrected chi connectivity index (χ1v) is 8.06. The van der Waals surface area contributed by atoms with Crippen molar-refractivity contribution in [2.24, 2.45) is 0 Å². The van der Waals surface area contributed by atoms with E-state index in [4.69, 9.17) is 0 Å². The molecule has 1 aromatic rings. The molecule has 23 heavy (non-hydrogen) atoms. The SMILES string of the molecule is CN1CCCC2(CCCN2Cc2cccc(OC(F)F)c2)C1=O. The first-order valence-electron chi connectivity index (χ1n) is 8.06. The van der Waals surface area contributed by atoms with Crippen LogP contribution in [0.4, 0.5) is 8.78 Å². The number of benzene rings is 1. The van der Waals surface area contributed by atoms with Crippen LogP contribution in [0.5, 0.6) is 5.75 Å². The van der Waals surface area contributed by atoms with Gasteiger partial charge in [0, 0.05) is 20.1 Å². The molecule has 0 aliphatic carbocycles. The van der Waals surface area contributed by atoms with Crippen molar-refractivity contribution in [1.29, 1.82) is 0 Å². The van der Waals surface area contributed by atoms with Crippen molar-refractivity contribution in [1.82, 2.24) is 9.80 Å². The Morgan fingerprint density at radius 1 is 1.26 bits per heavy atom. The second kappa shape index (κ2) is 6.43. The lowest BCUT2D eigenvalue weighted by Crippen LogP contribution is -2.58. The van der Waals surface area contributed by atoms with Gasteiger partial charge in [-0.1, -0.05) is 12.1 Å². The molecule has 4 nitrogen and oxygen atoms in total. The Kier molecular flexibility index (Phi) is 4.53. The minimum atomic E-state index is -2.82. The molecule has 6 heteroatoms. The molecular weight excluding hydrogens is 302 g/mol. The number of likely N-dealkylation sites (tertiary alicyclic amines) is 2. The molecule has 0 bridgehead atoms. The average molecular weight is 324 g/mol. The van der Waals surface area contributed by atoms with Crippen molar-refractivity contribution >= 4 is 5.91 Å². The molecule has 1 aromatic carbocycles. The van der Waals surface area contributed by atoms with Gasteiger partial charge >= 0.3 is 6.61 Å². The van der Waals surface area contributed by atoms with Gasteiger partial charge < -0.3 is 9.64 Å². The van der Waals surface area contributed by atoms with Crippen molar-refractivity contribution in [2.75, 3.05) is 20.1 Å². The third-order valence-electron chi connectivity index (χ3n) is 4.95. The molecule has 2 aliphatic rings. The van der Waals surface area contributed by atoms with E-state index in [-0.39, 0.29) is 11.7 Å². The minimum Gasteiger partial charge on any atom is -0.435 e. The standard InChI is InChI=1S/C17H22F2N2O2/c1-20-9-3-7-17(15(20)22)8-4-10-21(17)12-13-5-2-6-14(11-13)23-16(18)19/h2,5-6,11,16H,3-4,7-10,12H2,1H3. The topological polar surface area (TPSA) is 32.8 Å². The molecule has 0 N–H and O–H groups in total. The van der Waals surface area contributed by atoms with Crippen molar-refractivity contribution in [2.45, 2.75) is 44.4 Å². The molecule has 126 valence electrons. The number of halogens is 2. The lowest BCUT2D eigenvalue weighted by Gasteiger charge is -2.43. The van der Waals surface area contributed by atoms with Gasteiger partial charge in [-0.05, 0) is 49.9 Å². The second-order valence-corrected chi connectivity index (χ2v) is 6.41. The molecular formula is C17H22F2N2O2. The van der Waals surface area contributed by atoms with Crippen molar-refractivity contribution in [3.05, 3.63) is 29.8 Å². The minimum absolute atomic E-state index is 0.165. The van der Waals surface area contributed by atoms with Gasteiger partial charge in [-0.2, -0.15) is 8.78 Å². The maximum Gasteiger partial charge on any atom is 0.387 e. The zero-order valence-electron chi connectivity index (χ0n) is 13.3. The number of likely N-dealkylation sites (N-methyl/N-ethyl adjacent to an activating group) is 1. The van der Waals surface area contributed by atoms with Gasteiger partial charge in [-0.25, -0.2) is 0 Å². The summed E-state index contributed by atoms with van der Waals surface area (Å²) in [5.74, 6) is 0.360. The Balaban J connectivity index is 1.78. The average Bonchev–Trinajstić information content (AvgIpc) is 2.88. The largest absolute Gasteiger partial charge is 0.435 e. The number of carbonyl (C=O) groups is 1. The fraction of sp³-hybridized carbons (Fsp3) is 0.588. The molecule has 2 fully saturated rings. The van der Waals surface area contributed by atoms with Gasteiger partial charge in [-0.15, -0.1) is 0 Å². The number of amides is 1. The Labute approximate surface area is 135 Å². The van der Waals surface area contributed by atoms with Crippen LogP contribution in [-0.2, 0) is 11.3 Å². The summed E-state index contributed by atoms with van der Waals surface area (Å²) in [5.41, 5.74) is 0.484. The highest BCUT2D eigenvalue weighted by molar-refractivity contribution is 5.87. The van der Waals surface area contributed by atoms with E-state index in [9.17, 15) is 13.6 Å². The fourth-order valence-corrected chi connectivity index (χ4v) is 3.90. The van der Waals surface area contributed by atoms with Crippen LogP contribution in [0, 0.1) is 0 Å². The van der Waals surface area contributed by atoms with Gasteiger partial charge in [0.05, 0.1) is 0 Å². The lowest BCUT2D eigenvalue weighted by molar-refractivity contribution is -0.146. The number of carbonyl (C=O) groups excluding carboxylic acids is 1. The summed E-state index contributed by atoms with van der Waals surface area (Å²) in [6.07, 6.45) is 3.76. The van der Waals surface area contributed by atoms with Crippen LogP contribution in [0.1, 0.15) is 31.2 Å². The number of hydrogen-bond donors (Lipinski definition) is 0. The molecule has 2 saturated heterocycles. The Hall–Kier alpha value is -1.69. The van der Waals surface area contributed by atoms with Crippen LogP contribution in [0.25, 0.3) is 0 Å². The fourth-order valence-electron chi connectivity index (χ4n) is 3.90. The Morgan fingerprint density at radius 2 is 2.00 bits per heavy atom. The number of hydrogen-bond acceptors (Lipinski definition) is 3. The Bertz CT molecular complexity index is 581. The van der Waals surface area contributed by atoms with Crippen LogP contribution in [-0.4, -0.2) is 48.0 Å². The summed E-state index contributed by atoms with van der Waals surface area (Å²) in [6, 6.07) is 6.76. The third kappa shape index (κ3) is 3.17. The molecule has 2 heterocycles. The number of piperidine rings is 1. The first kappa shape index (κ1) is 16.2. The molecule has 0 radical (unpaired) electrons. The summed E-state index contributed by atoms with van der Waals surface area (Å²) in [4.78, 5) is 16.8. The van der Waals surface area contributed by atoms with E-state index < -0.39 is 12.2 Å². The first-order chi connectivity index (χ1) is 11.0. The zero-order valence-corrected chi connectivity index (χ0v) is 13.3. The van der Waals surface area contributed by atoms with Crippen molar-refractivity contribution < 1.29 is 18.3 Å². The predicted molar refractivity (Wildman–Crippen MR) is 82.3 cm³/mol. The molecule has 1 amide bonds. The quantitative estimate of drug-likeness (QED) is 0.854. The van der Waals surface area contributed by atoms with Crippen molar-refractivity contribution in [3.8, 4) is 5.75 Å². The summed E-state index contributed by atoms with van der Waals surface area (Å²) < 4.78 is 29.2. The van der Waals surface area contributed by atoms with E-state index in [1.54, 1.807) is 12.1 Å². The van der Waals surface area contributed by atoms with Crippen LogP contribution in [0.2, 0.25) is 0 Å². The smallest absolute Gasteiger partial charge is 0.387 e. The summed E-state index contributed by atoms with van der Waals surface area (Å²) in [7, 11) is 1.86. The van der Waals surface area contributed by atoms with E-state index >= 15 is 0 Å². The monoisotopic (exact) mass is 324 g/mol. The summed E-state index contributed by atoms with van der Waals surface area (Å²) >= 11 is 0. The van der Waals surface area contributed by atoms with Crippen LogP contribution in [0.3, 0.4) is 0 Å². The molecule has 1 spiro atoms. The lowest BCUT2D eigenvalue weighted by atomic mass is 9.85. The van der Waals surface area contributed by atoms with Crippen LogP contribution >= 0.6 is 0 Å². The number of alkyl halides is 2. The van der Waals surface area contributed by atoms with Crippen molar-refractivity contribution in [3.63, 3.8) is 0 Å². The highest BCUT2D eigenvalue weighted by Gasteiger charge is 2.49. The number of ether oxygens (including phenoxy) is 1. The number of rotatable bonds is 4. The highest BCUT2D eigenvalue weighted by atomic mass is 19.3. The maximum atomic E-state index is 12.7. The van der Waals surface area contributed by atoms with Gasteiger partial charge in [0.15, 0.2) is 0 Å². The molecule has 0 saturated carbocycles. The second-order valence-electron chi connectivity index (χ2n) is 6.41. The van der Waals surface area contributed by atoms with Crippen LogP contribution in [0.15, 0.2) is 24.3 Å². The van der Waals surface area contributed by atoms with E-state index in [1.165, 1.54) is 6.07 Å². The highest BCUT2D eigenvalue weighted by Crippen LogP contribution is 2.39. The molecule has 2 aliphatic heterocycles. The normalized spacial score (nSPS) is 25.6. The van der Waals surface area contributed by atoms with Crippen LogP contribution < -0.4 is 4.74 Å². The van der Waals surface area contributed by atoms with E-state index in [0.29, 0.717) is 6.54 Å². The summed E-state index contributed by atoms with van der Waals surface area (Å²) in [6.45, 7) is -0.567. The van der Waals surface area contributed by atoms with E-state index in [1.807, 2.05) is 18.0 Å². The van der Waals surface area contributed by atoms with E-state index in [0.717, 1.165) is 44.3 Å². The van der Waals surface area contributed by atoms with Gasteiger partial charge in [0.2, 0.25) is 5.91 Å². The third-order valence-corrected chi connectivity index (χ3v) is 4.95. The molecule has 3 rings (SSSR count). The Morgan fingerprint density at radius 3 is 2.74 bits per heavy atom. The molecule has 1 atom stereocenters. The number of nitrogens with zero attached hydrogens (tertiary/aromatic N) is 2. The maximum absolute atomic E-state index is 12.7. The molecule has 0 aromatic heterocycles. The molecule has 1 unspecified atom stereocenters. The van der Waals surface area contributed by atoms with Gasteiger partial charge in [-0.3, -0.25) is 9.69 Å². The predicted octanol–water partition coefficient (Wildman–Crippen LogP) is 2.87. The van der Waals surface area contributed by atoms with Gasteiger partial charge in [0.1, 0.15) is 11.3 Å². The zero-order chi connectivity index (χ0) is 16.4. The van der Waals surface area contributed by atoms with E-state index in [2.05, 4.69) is 9.64 Å². The van der Waals surface area contributed by atoms with Gasteiger partial charge in [0.25, 0.3) is 0 Å².